The van der Waals surface area contributed by atoms with E-state index < -0.39 is 17.7 Å². The highest BCUT2D eigenvalue weighted by Crippen LogP contribution is 2.09. The van der Waals surface area contributed by atoms with Crippen LogP contribution in [0.3, 0.4) is 0 Å². The maximum atomic E-state index is 10.2. The monoisotopic (exact) mass is 441 g/mol. The number of carbonyl (C=O) groups is 2. The summed E-state index contributed by atoms with van der Waals surface area (Å²) in [5, 5.41) is 50.4. The third-order valence-electron chi connectivity index (χ3n) is 4.17. The number of nitrogens with two attached hydrogens (primary N) is 1. The summed E-state index contributed by atoms with van der Waals surface area (Å²) in [5.74, 6) is -0.256. The molecule has 9 N–H and O–H groups in total. The number of likely N-dealkylation sites (N-methyl/N-ethyl adjacent to an activating group) is 1. The number of amides is 2. The Labute approximate surface area is 177 Å². The molecule has 0 unspecified atom stereocenters. The SMILES string of the molecule is CNC(CO)(COC(CO)CO)COC(CO)CO.NC(=O)CCCCCNC=O. The third-order valence-corrected chi connectivity index (χ3v) is 4.17. The Hall–Kier alpha value is -1.38. The van der Waals surface area contributed by atoms with Gasteiger partial charge in [0.2, 0.25) is 12.3 Å². The Kier molecular flexibility index (Phi) is 21.4. The van der Waals surface area contributed by atoms with Gasteiger partial charge < -0.3 is 51.4 Å². The van der Waals surface area contributed by atoms with Gasteiger partial charge in [-0.3, -0.25) is 9.59 Å². The van der Waals surface area contributed by atoms with Crippen LogP contribution in [0.5, 0.6) is 0 Å². The number of aliphatic hydroxyl groups is 5. The summed E-state index contributed by atoms with van der Waals surface area (Å²) in [6.45, 7) is -0.975. The lowest BCUT2D eigenvalue weighted by Gasteiger charge is -2.33. The van der Waals surface area contributed by atoms with E-state index in [0.717, 1.165) is 19.3 Å². The van der Waals surface area contributed by atoms with E-state index in [2.05, 4.69) is 10.6 Å². The van der Waals surface area contributed by atoms with Gasteiger partial charge in [0.05, 0.1) is 51.8 Å². The molecule has 0 aliphatic rings. The van der Waals surface area contributed by atoms with Crippen molar-refractivity contribution in [2.75, 3.05) is 59.8 Å². The second-order valence-electron chi connectivity index (χ2n) is 6.63. The Morgan fingerprint density at radius 2 is 1.47 bits per heavy atom. The van der Waals surface area contributed by atoms with Crippen LogP contribution in [0.15, 0.2) is 0 Å². The van der Waals surface area contributed by atoms with Crippen molar-refractivity contribution in [3.63, 3.8) is 0 Å². The van der Waals surface area contributed by atoms with Crippen LogP contribution in [0, 0.1) is 0 Å². The molecule has 0 aromatic heterocycles. The van der Waals surface area contributed by atoms with E-state index in [1.165, 1.54) is 0 Å². The van der Waals surface area contributed by atoms with Gasteiger partial charge >= 0.3 is 0 Å². The molecule has 0 fully saturated rings. The van der Waals surface area contributed by atoms with Crippen molar-refractivity contribution in [3.8, 4) is 0 Å². The van der Waals surface area contributed by atoms with E-state index in [9.17, 15) is 14.7 Å². The molecule has 0 saturated carbocycles. The van der Waals surface area contributed by atoms with Gasteiger partial charge in [-0.05, 0) is 19.9 Å². The molecule has 180 valence electrons. The topological polar surface area (TPSA) is 204 Å². The number of hydrogen-bond donors (Lipinski definition) is 8. The van der Waals surface area contributed by atoms with Crippen LogP contribution in [-0.2, 0) is 19.1 Å². The first-order valence-corrected chi connectivity index (χ1v) is 9.80. The van der Waals surface area contributed by atoms with Gasteiger partial charge in [-0.25, -0.2) is 0 Å². The van der Waals surface area contributed by atoms with Gasteiger partial charge in [0.25, 0.3) is 0 Å². The molecule has 30 heavy (non-hydrogen) atoms. The number of rotatable bonds is 19. The smallest absolute Gasteiger partial charge is 0.217 e. The highest BCUT2D eigenvalue weighted by Gasteiger charge is 2.30. The van der Waals surface area contributed by atoms with Crippen molar-refractivity contribution in [1.82, 2.24) is 10.6 Å². The predicted molar refractivity (Wildman–Crippen MR) is 108 cm³/mol. The van der Waals surface area contributed by atoms with E-state index in [4.69, 9.17) is 35.6 Å². The fourth-order valence-corrected chi connectivity index (χ4v) is 2.00. The quantitative estimate of drug-likeness (QED) is 0.0732. The maximum absolute atomic E-state index is 10.2. The fraction of sp³-hybridized carbons (Fsp3) is 0.889. The van der Waals surface area contributed by atoms with Gasteiger partial charge in [0, 0.05) is 13.0 Å². The molecule has 0 radical (unpaired) electrons. The van der Waals surface area contributed by atoms with Gasteiger partial charge in [0.15, 0.2) is 0 Å². The highest BCUT2D eigenvalue weighted by molar-refractivity contribution is 5.73. The van der Waals surface area contributed by atoms with Crippen LogP contribution < -0.4 is 16.4 Å². The molecule has 12 heteroatoms. The maximum Gasteiger partial charge on any atom is 0.217 e. The second-order valence-corrected chi connectivity index (χ2v) is 6.63. The van der Waals surface area contributed by atoms with Crippen molar-refractivity contribution in [2.24, 2.45) is 5.73 Å². The number of unbranched alkanes of at least 4 members (excludes halogenated alkanes) is 2. The molecule has 0 atom stereocenters. The zero-order valence-corrected chi connectivity index (χ0v) is 17.7. The Morgan fingerprint density at radius 3 is 1.80 bits per heavy atom. The van der Waals surface area contributed by atoms with E-state index in [1.54, 1.807) is 7.05 Å². The molecule has 0 bridgehead atoms. The number of hydrogen-bond acceptors (Lipinski definition) is 10. The first-order valence-electron chi connectivity index (χ1n) is 9.80. The van der Waals surface area contributed by atoms with Gasteiger partial charge in [-0.2, -0.15) is 0 Å². The minimum Gasteiger partial charge on any atom is -0.394 e. The Balaban J connectivity index is 0. The van der Waals surface area contributed by atoms with Crippen LogP contribution in [0.25, 0.3) is 0 Å². The third kappa shape index (κ3) is 16.4. The van der Waals surface area contributed by atoms with Crippen LogP contribution in [-0.4, -0.2) is 115 Å². The summed E-state index contributed by atoms with van der Waals surface area (Å²) < 4.78 is 10.5. The standard InChI is InChI=1S/C11H25NO7.C7H14N2O2/c1-12-11(6-17,7-18-9(2-13)3-14)8-19-10(4-15)5-16;8-7(11)4-2-1-3-5-9-6-10/h9-10,12-17H,2-8H2,1H3;6H,1-5H2,(H2,8,11)(H,9,10). The molecule has 12 nitrogen and oxygen atoms in total. The summed E-state index contributed by atoms with van der Waals surface area (Å²) in [4.78, 5) is 20.0. The van der Waals surface area contributed by atoms with E-state index >= 15 is 0 Å². The largest absolute Gasteiger partial charge is 0.394 e. The molecule has 0 aromatic carbocycles. The minimum absolute atomic E-state index is 0.00460. The number of aliphatic hydroxyl groups excluding tert-OH is 5. The van der Waals surface area contributed by atoms with Crippen molar-refractivity contribution in [2.45, 2.75) is 43.4 Å². The molecule has 0 saturated heterocycles. The summed E-state index contributed by atoms with van der Waals surface area (Å²) in [6, 6.07) is 0. The van der Waals surface area contributed by atoms with Crippen LogP contribution in [0.1, 0.15) is 25.7 Å². The average molecular weight is 442 g/mol. The highest BCUT2D eigenvalue weighted by atomic mass is 16.5. The number of primary amides is 1. The lowest BCUT2D eigenvalue weighted by atomic mass is 10.0. The number of carbonyl (C=O) groups excluding carboxylic acids is 2. The van der Waals surface area contributed by atoms with Crippen molar-refractivity contribution in [1.29, 1.82) is 0 Å². The van der Waals surface area contributed by atoms with Gasteiger partial charge in [-0.1, -0.05) is 6.42 Å². The summed E-state index contributed by atoms with van der Waals surface area (Å²) in [5.41, 5.74) is 3.98. The van der Waals surface area contributed by atoms with E-state index in [-0.39, 0.29) is 52.2 Å². The first kappa shape index (κ1) is 30.8. The van der Waals surface area contributed by atoms with Crippen molar-refractivity contribution >= 4 is 12.3 Å². The number of nitrogens with one attached hydrogen (secondary N) is 2. The van der Waals surface area contributed by atoms with Crippen LogP contribution in [0.4, 0.5) is 0 Å². The lowest BCUT2D eigenvalue weighted by molar-refractivity contribution is -0.118. The van der Waals surface area contributed by atoms with E-state index in [0.29, 0.717) is 19.4 Å². The fourth-order valence-electron chi connectivity index (χ4n) is 2.00. The lowest BCUT2D eigenvalue weighted by Crippen LogP contribution is -2.56. The Bertz CT molecular complexity index is 386. The minimum atomic E-state index is -0.939. The molecule has 2 amide bonds. The summed E-state index contributed by atoms with van der Waals surface area (Å²) >= 11 is 0. The summed E-state index contributed by atoms with van der Waals surface area (Å²) in [6.07, 6.45) is 2.32. The zero-order chi connectivity index (χ0) is 23.3. The second kappa shape index (κ2) is 20.9. The van der Waals surface area contributed by atoms with Gasteiger partial charge in [-0.15, -0.1) is 0 Å². The van der Waals surface area contributed by atoms with Crippen molar-refractivity contribution in [3.05, 3.63) is 0 Å². The Morgan fingerprint density at radius 1 is 0.967 bits per heavy atom. The molecule has 0 aliphatic heterocycles. The van der Waals surface area contributed by atoms with Crippen LogP contribution >= 0.6 is 0 Å². The molecule has 0 rings (SSSR count). The molecule has 0 aromatic rings. The van der Waals surface area contributed by atoms with E-state index in [1.807, 2.05) is 0 Å². The molecular formula is C18H39N3O9. The number of ether oxygens (including phenoxy) is 2. The molecule has 0 heterocycles. The molecule has 0 aliphatic carbocycles. The van der Waals surface area contributed by atoms with Crippen molar-refractivity contribution < 1.29 is 44.6 Å². The van der Waals surface area contributed by atoms with Gasteiger partial charge in [0.1, 0.15) is 12.2 Å². The molecule has 0 spiro atoms. The molecular weight excluding hydrogens is 402 g/mol. The average Bonchev–Trinajstić information content (AvgIpc) is 2.76. The zero-order valence-electron chi connectivity index (χ0n) is 17.7. The van der Waals surface area contributed by atoms with Crippen LogP contribution in [0.2, 0.25) is 0 Å². The summed E-state index contributed by atoms with van der Waals surface area (Å²) in [7, 11) is 1.60. The normalized spacial score (nSPS) is 11.3. The predicted octanol–water partition coefficient (Wildman–Crippen LogP) is -3.55. The first-order chi connectivity index (χ1) is 14.4.